The van der Waals surface area contributed by atoms with Gasteiger partial charge in [-0.1, -0.05) is 17.7 Å². The summed E-state index contributed by atoms with van der Waals surface area (Å²) in [4.78, 5) is 17.9. The Balaban J connectivity index is 1.17. The van der Waals surface area contributed by atoms with Crippen LogP contribution in [0.3, 0.4) is 0 Å². The second-order valence-corrected chi connectivity index (χ2v) is 12.0. The molecule has 6 rings (SSSR count). The van der Waals surface area contributed by atoms with E-state index in [1.807, 2.05) is 6.07 Å². The number of hydrogen-bond acceptors (Lipinski definition) is 7. The minimum atomic E-state index is -1.09. The summed E-state index contributed by atoms with van der Waals surface area (Å²) in [5, 5.41) is 15.6. The normalized spacial score (nSPS) is 21.1. The molecule has 1 aromatic heterocycles. The summed E-state index contributed by atoms with van der Waals surface area (Å²) in [5.41, 5.74) is 1.44. The predicted molar refractivity (Wildman–Crippen MR) is 147 cm³/mol. The smallest absolute Gasteiger partial charge is 0.225 e. The van der Waals surface area contributed by atoms with Crippen LogP contribution >= 0.6 is 22.9 Å². The second-order valence-electron chi connectivity index (χ2n) is 10.3. The maximum atomic E-state index is 14.7. The molecule has 7 nitrogen and oxygen atoms in total. The maximum absolute atomic E-state index is 14.7. The number of nitrogens with zero attached hydrogens (tertiary/aromatic N) is 2. The van der Waals surface area contributed by atoms with Crippen LogP contribution in [0.4, 0.5) is 10.1 Å². The molecule has 3 aliphatic rings. The molecule has 3 unspecified atom stereocenters. The van der Waals surface area contributed by atoms with Crippen LogP contribution < -0.4 is 19.7 Å². The molecular formula is C28H31ClFN3O4S. The van der Waals surface area contributed by atoms with E-state index in [2.05, 4.69) is 33.3 Å². The van der Waals surface area contributed by atoms with E-state index in [0.29, 0.717) is 25.3 Å². The number of ether oxygens (including phenoxy) is 2. The van der Waals surface area contributed by atoms with Crippen LogP contribution in [0, 0.1) is 11.7 Å². The Morgan fingerprint density at radius 3 is 2.82 bits per heavy atom. The Kier molecular flexibility index (Phi) is 7.35. The number of fused-ring (bicyclic) bond motifs is 2. The third-order valence-corrected chi connectivity index (χ3v) is 8.95. The van der Waals surface area contributed by atoms with E-state index in [4.69, 9.17) is 21.1 Å². The minimum Gasteiger partial charge on any atom is -0.486 e. The number of amides is 1. The molecule has 2 aromatic carbocycles. The molecule has 0 bridgehead atoms. The number of benzene rings is 2. The third-order valence-electron chi connectivity index (χ3n) is 7.72. The van der Waals surface area contributed by atoms with Gasteiger partial charge < -0.3 is 29.7 Å². The quantitative estimate of drug-likeness (QED) is 0.440. The van der Waals surface area contributed by atoms with Gasteiger partial charge in [0.2, 0.25) is 5.91 Å². The van der Waals surface area contributed by atoms with Crippen molar-refractivity contribution in [1.29, 1.82) is 0 Å². The molecule has 3 aromatic rings. The molecule has 2 N–H and O–H groups in total. The first kappa shape index (κ1) is 25.7. The number of anilines is 1. The van der Waals surface area contributed by atoms with Crippen LogP contribution in [0.2, 0.25) is 4.34 Å². The van der Waals surface area contributed by atoms with Crippen LogP contribution in [0.25, 0.3) is 10.1 Å². The maximum Gasteiger partial charge on any atom is 0.225 e. The molecule has 38 heavy (non-hydrogen) atoms. The van der Waals surface area contributed by atoms with E-state index in [-0.39, 0.29) is 29.9 Å². The van der Waals surface area contributed by atoms with Crippen molar-refractivity contribution < 1.29 is 23.8 Å². The highest BCUT2D eigenvalue weighted by Gasteiger charge is 2.34. The van der Waals surface area contributed by atoms with Gasteiger partial charge in [0.25, 0.3) is 0 Å². The molecule has 3 atom stereocenters. The second kappa shape index (κ2) is 10.9. The molecule has 202 valence electrons. The zero-order valence-electron chi connectivity index (χ0n) is 21.0. The van der Waals surface area contributed by atoms with Gasteiger partial charge in [-0.05, 0) is 73.6 Å². The van der Waals surface area contributed by atoms with Gasteiger partial charge in [0.05, 0.1) is 16.3 Å². The number of rotatable bonds is 7. The SMILES string of the molecule is O=C(NC(CN1CCCC1)C(O)c1cc(F)c2c(c1)OCCO2)C1CCN(c2ccc3cc(Cl)sc3c2)C1. The van der Waals surface area contributed by atoms with Gasteiger partial charge >= 0.3 is 0 Å². The standard InChI is InChI=1S/C28H31ClFN3O4S/c29-25-13-17-3-4-20(14-24(17)38-25)33-8-5-18(15-33)28(35)31-22(16-32-6-1-2-7-32)26(34)19-11-21(30)27-23(12-19)36-9-10-37-27/h3-4,11-14,18,22,26,34H,1-2,5-10,15-16H2,(H,31,35). The molecule has 3 aliphatic heterocycles. The molecule has 4 heterocycles. The Hall–Kier alpha value is -2.59. The van der Waals surface area contributed by atoms with Gasteiger partial charge in [0.1, 0.15) is 19.3 Å². The Bertz CT molecular complexity index is 1330. The lowest BCUT2D eigenvalue weighted by atomic mass is 9.99. The van der Waals surface area contributed by atoms with Crippen LogP contribution in [0.1, 0.15) is 30.9 Å². The zero-order chi connectivity index (χ0) is 26.2. The fourth-order valence-corrected chi connectivity index (χ4v) is 6.88. The Labute approximate surface area is 230 Å². The number of nitrogens with one attached hydrogen (secondary N) is 1. The van der Waals surface area contributed by atoms with Crippen molar-refractivity contribution in [2.45, 2.75) is 31.4 Å². The lowest BCUT2D eigenvalue weighted by Crippen LogP contribution is -2.48. The van der Waals surface area contributed by atoms with E-state index in [0.717, 1.165) is 59.0 Å². The van der Waals surface area contributed by atoms with Gasteiger partial charge in [-0.25, -0.2) is 4.39 Å². The summed E-state index contributed by atoms with van der Waals surface area (Å²) in [6.07, 6.45) is 1.81. The van der Waals surface area contributed by atoms with Crippen LogP contribution in [-0.4, -0.2) is 67.9 Å². The van der Waals surface area contributed by atoms with E-state index in [9.17, 15) is 14.3 Å². The van der Waals surface area contributed by atoms with Gasteiger partial charge in [-0.3, -0.25) is 4.79 Å². The number of carbonyl (C=O) groups excluding carboxylic acids is 1. The van der Waals surface area contributed by atoms with Crippen LogP contribution in [-0.2, 0) is 4.79 Å². The highest BCUT2D eigenvalue weighted by molar-refractivity contribution is 7.22. The fraction of sp³-hybridized carbons (Fsp3) is 0.464. The third kappa shape index (κ3) is 5.30. The first-order valence-electron chi connectivity index (χ1n) is 13.2. The first-order valence-corrected chi connectivity index (χ1v) is 14.4. The zero-order valence-corrected chi connectivity index (χ0v) is 22.6. The van der Waals surface area contributed by atoms with Gasteiger partial charge in [-0.2, -0.15) is 0 Å². The summed E-state index contributed by atoms with van der Waals surface area (Å²) < 4.78 is 27.6. The predicted octanol–water partition coefficient (Wildman–Crippen LogP) is 4.61. The van der Waals surface area contributed by atoms with Crippen LogP contribution in [0.5, 0.6) is 11.5 Å². The summed E-state index contributed by atoms with van der Waals surface area (Å²) in [6, 6.07) is 10.5. The minimum absolute atomic E-state index is 0.0707. The lowest BCUT2D eigenvalue weighted by molar-refractivity contribution is -0.126. The molecule has 0 radical (unpaired) electrons. The average molecular weight is 560 g/mol. The van der Waals surface area contributed by atoms with Gasteiger partial charge in [0, 0.05) is 30.0 Å². The number of carbonyl (C=O) groups is 1. The number of thiophene rings is 1. The van der Waals surface area contributed by atoms with E-state index in [1.54, 1.807) is 17.4 Å². The molecule has 2 fully saturated rings. The van der Waals surface area contributed by atoms with Gasteiger partial charge in [-0.15, -0.1) is 11.3 Å². The fourth-order valence-electron chi connectivity index (χ4n) is 5.70. The lowest BCUT2D eigenvalue weighted by Gasteiger charge is -2.30. The van der Waals surface area contributed by atoms with Crippen molar-refractivity contribution in [2.24, 2.45) is 5.92 Å². The molecule has 0 saturated carbocycles. The number of likely N-dealkylation sites (tertiary alicyclic amines) is 1. The van der Waals surface area contributed by atoms with E-state index >= 15 is 0 Å². The van der Waals surface area contributed by atoms with Crippen molar-refractivity contribution in [3.63, 3.8) is 0 Å². The van der Waals surface area contributed by atoms with Crippen molar-refractivity contribution in [3.05, 3.63) is 52.1 Å². The highest BCUT2D eigenvalue weighted by Crippen LogP contribution is 2.37. The number of aliphatic hydroxyl groups excluding tert-OH is 1. The molecule has 0 spiro atoms. The Morgan fingerprint density at radius 1 is 1.16 bits per heavy atom. The largest absolute Gasteiger partial charge is 0.486 e. The number of halogens is 2. The molecule has 2 saturated heterocycles. The van der Waals surface area contributed by atoms with Crippen molar-refractivity contribution >= 4 is 44.6 Å². The summed E-state index contributed by atoms with van der Waals surface area (Å²) in [5.74, 6) is -0.511. The highest BCUT2D eigenvalue weighted by atomic mass is 35.5. The van der Waals surface area contributed by atoms with Crippen molar-refractivity contribution in [2.75, 3.05) is 50.8 Å². The summed E-state index contributed by atoms with van der Waals surface area (Å²) in [7, 11) is 0. The van der Waals surface area contributed by atoms with Gasteiger partial charge in [0.15, 0.2) is 17.3 Å². The molecule has 1 amide bonds. The summed E-state index contributed by atoms with van der Waals surface area (Å²) >= 11 is 7.73. The topological polar surface area (TPSA) is 74.3 Å². The van der Waals surface area contributed by atoms with Crippen molar-refractivity contribution in [3.8, 4) is 11.5 Å². The number of hydrogen-bond donors (Lipinski definition) is 2. The first-order chi connectivity index (χ1) is 18.4. The number of aliphatic hydroxyl groups is 1. The Morgan fingerprint density at radius 2 is 1.97 bits per heavy atom. The monoisotopic (exact) mass is 559 g/mol. The van der Waals surface area contributed by atoms with E-state index in [1.165, 1.54) is 6.07 Å². The van der Waals surface area contributed by atoms with E-state index < -0.39 is 18.0 Å². The summed E-state index contributed by atoms with van der Waals surface area (Å²) in [6.45, 7) is 4.31. The van der Waals surface area contributed by atoms with Crippen LogP contribution in [0.15, 0.2) is 36.4 Å². The molecule has 10 heteroatoms. The van der Waals surface area contributed by atoms with Crippen molar-refractivity contribution in [1.82, 2.24) is 10.2 Å². The average Bonchev–Trinajstić information content (AvgIpc) is 3.68. The molecular weight excluding hydrogens is 529 g/mol. The molecule has 0 aliphatic carbocycles.